The van der Waals surface area contributed by atoms with Crippen molar-refractivity contribution >= 4 is 65.6 Å². The number of benzene rings is 8. The minimum Gasteiger partial charge on any atom is -0.455 e. The van der Waals surface area contributed by atoms with Crippen molar-refractivity contribution in [2.45, 2.75) is 0 Å². The van der Waals surface area contributed by atoms with Crippen LogP contribution in [0.5, 0.6) is 0 Å². The maximum Gasteiger partial charge on any atom is 0.143 e. The summed E-state index contributed by atoms with van der Waals surface area (Å²) in [5.74, 6) is 0. The van der Waals surface area contributed by atoms with Crippen LogP contribution in [0.4, 0.5) is 0 Å². The summed E-state index contributed by atoms with van der Waals surface area (Å²) in [4.78, 5) is 0. The molecule has 0 aliphatic heterocycles. The Morgan fingerprint density at radius 3 is 1.59 bits per heavy atom. The molecule has 11 aromatic rings. The lowest BCUT2D eigenvalue weighted by atomic mass is 9.94. The minimum atomic E-state index is 0. The van der Waals surface area contributed by atoms with E-state index in [1.807, 2.05) is 6.07 Å². The van der Waals surface area contributed by atoms with Crippen LogP contribution in [0.3, 0.4) is 0 Å². The second kappa shape index (κ2) is 10.8. The van der Waals surface area contributed by atoms with E-state index in [-0.39, 0.29) is 1.43 Å². The smallest absolute Gasteiger partial charge is 0.143 e. The zero-order valence-electron chi connectivity index (χ0n) is 27.6. The molecular weight excluding hydrogens is 621 g/mol. The van der Waals surface area contributed by atoms with E-state index in [1.54, 1.807) is 0 Å². The first kappa shape index (κ1) is 28.0. The molecule has 8 aromatic carbocycles. The fraction of sp³-hybridized carbons (Fsp3) is 0. The Hall–Kier alpha value is -6.84. The maximum atomic E-state index is 6.68. The standard InChI is InChI=1S/C48H30N2O.H2/c1-3-13-34(14-4-1)49-44-21-11-8-18-37(44)41-27-31(24-26-45(41)49)33-28-40(48-42(29-33)39-19-9-12-22-47(39)51-48)32-23-25-38-36-17-7-10-20-43(36)50(46(38)30-32)35-15-5-2-6-16-35;/h1-30H;1H/i;1+1. The highest BCUT2D eigenvalue weighted by Crippen LogP contribution is 2.43. The monoisotopic (exact) mass is 653 g/mol. The Bertz CT molecular complexity index is 3130. The molecule has 240 valence electrons. The lowest BCUT2D eigenvalue weighted by molar-refractivity contribution is 0.670. The van der Waals surface area contributed by atoms with Gasteiger partial charge in [0.05, 0.1) is 22.1 Å². The first-order valence-corrected chi connectivity index (χ1v) is 17.4. The van der Waals surface area contributed by atoms with E-state index in [0.29, 0.717) is 0 Å². The molecule has 0 aliphatic carbocycles. The number of fused-ring (bicyclic) bond motifs is 9. The van der Waals surface area contributed by atoms with Gasteiger partial charge >= 0.3 is 0 Å². The van der Waals surface area contributed by atoms with Crippen LogP contribution in [-0.4, -0.2) is 9.13 Å². The van der Waals surface area contributed by atoms with Gasteiger partial charge in [-0.2, -0.15) is 0 Å². The summed E-state index contributed by atoms with van der Waals surface area (Å²) >= 11 is 0. The van der Waals surface area contributed by atoms with Crippen molar-refractivity contribution in [2.24, 2.45) is 0 Å². The average Bonchev–Trinajstić information content (AvgIpc) is 3.85. The molecule has 0 saturated carbocycles. The van der Waals surface area contributed by atoms with Crippen molar-refractivity contribution in [1.82, 2.24) is 9.13 Å². The molecule has 3 nitrogen and oxygen atoms in total. The predicted molar refractivity (Wildman–Crippen MR) is 215 cm³/mol. The Balaban J connectivity index is 0.00000338. The van der Waals surface area contributed by atoms with Gasteiger partial charge in [0.1, 0.15) is 11.2 Å². The second-order valence-corrected chi connectivity index (χ2v) is 13.3. The lowest BCUT2D eigenvalue weighted by Crippen LogP contribution is -1.93. The molecular formula is C48H32N2O. The Morgan fingerprint density at radius 2 is 0.863 bits per heavy atom. The van der Waals surface area contributed by atoms with Gasteiger partial charge in [-0.25, -0.2) is 0 Å². The average molecular weight is 654 g/mol. The number of para-hydroxylation sites is 5. The summed E-state index contributed by atoms with van der Waals surface area (Å²) in [5, 5.41) is 7.20. The molecule has 3 heteroatoms. The van der Waals surface area contributed by atoms with Crippen molar-refractivity contribution < 1.29 is 5.84 Å². The van der Waals surface area contributed by atoms with Crippen molar-refractivity contribution in [3.63, 3.8) is 0 Å². The predicted octanol–water partition coefficient (Wildman–Crippen LogP) is 13.4. The van der Waals surface area contributed by atoms with Crippen LogP contribution in [-0.2, 0) is 0 Å². The number of hydrogen-bond donors (Lipinski definition) is 0. The number of nitrogens with zero attached hydrogens (tertiary/aromatic N) is 2. The van der Waals surface area contributed by atoms with Gasteiger partial charge in [-0.05, 0) is 89.5 Å². The van der Waals surface area contributed by atoms with E-state index >= 15 is 0 Å². The molecule has 0 aliphatic rings. The molecule has 0 fully saturated rings. The van der Waals surface area contributed by atoms with Crippen LogP contribution in [0, 0.1) is 0 Å². The Labute approximate surface area is 295 Å². The molecule has 0 atom stereocenters. The van der Waals surface area contributed by atoms with Gasteiger partial charge in [-0.15, -0.1) is 0 Å². The van der Waals surface area contributed by atoms with Crippen LogP contribution in [0.25, 0.3) is 99.2 Å². The molecule has 0 bridgehead atoms. The van der Waals surface area contributed by atoms with Crippen LogP contribution in [0.1, 0.15) is 1.43 Å². The van der Waals surface area contributed by atoms with Crippen LogP contribution in [0.2, 0.25) is 0 Å². The zero-order valence-corrected chi connectivity index (χ0v) is 27.6. The molecule has 0 unspecified atom stereocenters. The van der Waals surface area contributed by atoms with Crippen molar-refractivity contribution in [2.75, 3.05) is 0 Å². The summed E-state index contributed by atoms with van der Waals surface area (Å²) in [7, 11) is 0. The molecule has 0 N–H and O–H groups in total. The quantitative estimate of drug-likeness (QED) is 0.185. The number of furan rings is 1. The molecule has 0 spiro atoms. The van der Waals surface area contributed by atoms with E-state index < -0.39 is 0 Å². The van der Waals surface area contributed by atoms with E-state index in [4.69, 9.17) is 4.42 Å². The van der Waals surface area contributed by atoms with Crippen molar-refractivity contribution in [1.29, 1.82) is 0 Å². The van der Waals surface area contributed by atoms with Crippen molar-refractivity contribution in [3.8, 4) is 33.6 Å². The third-order valence-corrected chi connectivity index (χ3v) is 10.5. The van der Waals surface area contributed by atoms with Gasteiger partial charge in [-0.3, -0.25) is 0 Å². The highest BCUT2D eigenvalue weighted by atomic mass is 16.3. The Morgan fingerprint density at radius 1 is 0.333 bits per heavy atom. The van der Waals surface area contributed by atoms with Gasteiger partial charge in [-0.1, -0.05) is 109 Å². The number of rotatable bonds is 4. The third-order valence-electron chi connectivity index (χ3n) is 10.5. The first-order valence-electron chi connectivity index (χ1n) is 17.4. The van der Waals surface area contributed by atoms with Gasteiger partial charge in [0.2, 0.25) is 0 Å². The summed E-state index contributed by atoms with van der Waals surface area (Å²) in [6.45, 7) is 0. The molecule has 3 aromatic heterocycles. The molecule has 0 amide bonds. The topological polar surface area (TPSA) is 23.0 Å². The van der Waals surface area contributed by atoms with Gasteiger partial charge in [0.25, 0.3) is 0 Å². The summed E-state index contributed by atoms with van der Waals surface area (Å²) < 4.78 is 11.4. The fourth-order valence-corrected chi connectivity index (χ4v) is 8.21. The van der Waals surface area contributed by atoms with E-state index in [0.717, 1.165) is 50.0 Å². The van der Waals surface area contributed by atoms with Crippen LogP contribution < -0.4 is 0 Å². The Kier molecular flexibility index (Phi) is 5.96. The van der Waals surface area contributed by atoms with Crippen molar-refractivity contribution in [3.05, 3.63) is 182 Å². The van der Waals surface area contributed by atoms with Gasteiger partial charge < -0.3 is 13.6 Å². The largest absolute Gasteiger partial charge is 0.455 e. The fourth-order valence-electron chi connectivity index (χ4n) is 8.21. The highest BCUT2D eigenvalue weighted by molar-refractivity contribution is 6.15. The van der Waals surface area contributed by atoms with Crippen LogP contribution in [0.15, 0.2) is 186 Å². The molecule has 0 saturated heterocycles. The lowest BCUT2D eigenvalue weighted by Gasteiger charge is -2.11. The molecule has 0 radical (unpaired) electrons. The SMILES string of the molecule is [2HH].c1ccc(-n2c3ccccc3c3cc(-c4cc(-c5ccc6c7ccccc7n(-c7ccccc7)c6c5)c5oc6ccccc6c5c4)ccc32)cc1. The molecule has 3 heterocycles. The van der Waals surface area contributed by atoms with E-state index in [2.05, 4.69) is 185 Å². The van der Waals surface area contributed by atoms with Crippen LogP contribution >= 0.6 is 0 Å². The highest BCUT2D eigenvalue weighted by Gasteiger charge is 2.19. The summed E-state index contributed by atoms with van der Waals surface area (Å²) in [5.41, 5.74) is 13.4. The van der Waals surface area contributed by atoms with Gasteiger partial charge in [0, 0.05) is 50.7 Å². The third kappa shape index (κ3) is 4.19. The normalized spacial score (nSPS) is 11.9. The second-order valence-electron chi connectivity index (χ2n) is 13.3. The zero-order chi connectivity index (χ0) is 33.5. The van der Waals surface area contributed by atoms with Gasteiger partial charge in [0.15, 0.2) is 0 Å². The van der Waals surface area contributed by atoms with E-state index in [1.165, 1.54) is 49.2 Å². The summed E-state index contributed by atoms with van der Waals surface area (Å²) in [6.07, 6.45) is 0. The number of aromatic nitrogens is 2. The number of hydrogen-bond acceptors (Lipinski definition) is 1. The first-order chi connectivity index (χ1) is 25.3. The summed E-state index contributed by atoms with van der Waals surface area (Å²) in [6, 6.07) is 65.5. The molecule has 51 heavy (non-hydrogen) atoms. The minimum absolute atomic E-state index is 0. The maximum absolute atomic E-state index is 6.68. The molecule has 11 rings (SSSR count). The van der Waals surface area contributed by atoms with E-state index in [9.17, 15) is 0 Å².